The second kappa shape index (κ2) is 5.53. The molecule has 0 spiro atoms. The molecule has 3 nitrogen and oxygen atoms in total. The highest BCUT2D eigenvalue weighted by molar-refractivity contribution is 5.94. The van der Waals surface area contributed by atoms with Crippen molar-refractivity contribution >= 4 is 5.84 Å². The normalized spacial score (nSPS) is 25.0. The molecule has 1 saturated heterocycles. The second-order valence-electron chi connectivity index (χ2n) is 5.41. The lowest BCUT2D eigenvalue weighted by molar-refractivity contribution is 0.0953. The summed E-state index contributed by atoms with van der Waals surface area (Å²) in [6.07, 6.45) is 3.95. The van der Waals surface area contributed by atoms with Gasteiger partial charge in [0, 0.05) is 24.2 Å². The molecule has 1 heterocycles. The number of nitrogens with zero attached hydrogens (tertiary/aromatic N) is 1. The summed E-state index contributed by atoms with van der Waals surface area (Å²) in [6, 6.07) is 9.39. The van der Waals surface area contributed by atoms with Crippen molar-refractivity contribution in [2.45, 2.75) is 51.7 Å². The predicted octanol–water partition coefficient (Wildman–Crippen LogP) is 2.73. The van der Waals surface area contributed by atoms with Gasteiger partial charge in [0.15, 0.2) is 0 Å². The quantitative estimate of drug-likeness (QED) is 0.635. The molecule has 0 bridgehead atoms. The lowest BCUT2D eigenvalue weighted by Crippen LogP contribution is -2.42. The minimum atomic E-state index is 0.140. The summed E-state index contributed by atoms with van der Waals surface area (Å²) in [5.74, 6) is 0.140. The molecule has 3 N–H and O–H groups in total. The van der Waals surface area contributed by atoms with Crippen molar-refractivity contribution in [2.75, 3.05) is 0 Å². The van der Waals surface area contributed by atoms with Gasteiger partial charge in [-0.2, -0.15) is 0 Å². The average molecular weight is 245 g/mol. The number of nitrogens with two attached hydrogens (primary N) is 1. The smallest absolute Gasteiger partial charge is 0.122 e. The van der Waals surface area contributed by atoms with Crippen LogP contribution < -0.4 is 5.73 Å². The van der Waals surface area contributed by atoms with Crippen LogP contribution in [0.4, 0.5) is 0 Å². The van der Waals surface area contributed by atoms with Crippen LogP contribution in [0.2, 0.25) is 0 Å². The minimum Gasteiger partial charge on any atom is -0.384 e. The first kappa shape index (κ1) is 13.1. The molecule has 2 atom stereocenters. The Labute approximate surface area is 109 Å². The van der Waals surface area contributed by atoms with Crippen molar-refractivity contribution < 1.29 is 0 Å². The Morgan fingerprint density at radius 3 is 2.28 bits per heavy atom. The monoisotopic (exact) mass is 245 g/mol. The Kier molecular flexibility index (Phi) is 4.02. The molecular weight excluding hydrogens is 222 g/mol. The number of hydrogen-bond donors (Lipinski definition) is 2. The fourth-order valence-corrected chi connectivity index (χ4v) is 2.79. The van der Waals surface area contributed by atoms with Gasteiger partial charge < -0.3 is 5.73 Å². The zero-order valence-electron chi connectivity index (χ0n) is 11.3. The van der Waals surface area contributed by atoms with Gasteiger partial charge in [-0.15, -0.1) is 0 Å². The third kappa shape index (κ3) is 2.91. The van der Waals surface area contributed by atoms with Crippen LogP contribution in [0.3, 0.4) is 0 Å². The van der Waals surface area contributed by atoms with Gasteiger partial charge in [0.2, 0.25) is 0 Å². The number of benzene rings is 1. The summed E-state index contributed by atoms with van der Waals surface area (Å²) in [4.78, 5) is 2.58. The summed E-state index contributed by atoms with van der Waals surface area (Å²) in [6.45, 7) is 5.64. The largest absolute Gasteiger partial charge is 0.384 e. The van der Waals surface area contributed by atoms with Gasteiger partial charge in [0.05, 0.1) is 0 Å². The molecule has 0 aliphatic carbocycles. The van der Waals surface area contributed by atoms with Crippen LogP contribution in [0.15, 0.2) is 24.3 Å². The molecule has 1 aliphatic rings. The Bertz CT molecular complexity index is 400. The van der Waals surface area contributed by atoms with Crippen LogP contribution in [0, 0.1) is 5.41 Å². The molecule has 1 aromatic carbocycles. The summed E-state index contributed by atoms with van der Waals surface area (Å²) < 4.78 is 0. The lowest BCUT2D eigenvalue weighted by Gasteiger charge is -2.39. The highest BCUT2D eigenvalue weighted by Gasteiger charge is 2.24. The third-order valence-corrected chi connectivity index (χ3v) is 4.01. The molecule has 18 heavy (non-hydrogen) atoms. The van der Waals surface area contributed by atoms with E-state index in [-0.39, 0.29) is 5.84 Å². The maximum atomic E-state index is 7.39. The molecular formula is C15H23N3. The van der Waals surface area contributed by atoms with E-state index in [9.17, 15) is 0 Å². The van der Waals surface area contributed by atoms with E-state index in [2.05, 4.69) is 30.9 Å². The van der Waals surface area contributed by atoms with Crippen LogP contribution >= 0.6 is 0 Å². The lowest BCUT2D eigenvalue weighted by atomic mass is 9.96. The Morgan fingerprint density at radius 2 is 1.78 bits per heavy atom. The van der Waals surface area contributed by atoms with Gasteiger partial charge in [0.25, 0.3) is 0 Å². The standard InChI is InChI=1S/C15H23N3/c1-11-4-3-5-12(2)18(11)10-13-6-8-14(9-7-13)15(16)17/h6-9,11-12H,3-5,10H2,1-2H3,(H3,16,17)/t11-,12+. The van der Waals surface area contributed by atoms with E-state index in [0.717, 1.165) is 12.1 Å². The van der Waals surface area contributed by atoms with E-state index < -0.39 is 0 Å². The summed E-state index contributed by atoms with van der Waals surface area (Å²) in [5, 5.41) is 7.39. The van der Waals surface area contributed by atoms with Gasteiger partial charge in [-0.05, 0) is 32.3 Å². The van der Waals surface area contributed by atoms with Gasteiger partial charge in [-0.3, -0.25) is 10.3 Å². The van der Waals surface area contributed by atoms with E-state index in [1.165, 1.54) is 24.8 Å². The molecule has 0 radical (unpaired) electrons. The Morgan fingerprint density at radius 1 is 1.22 bits per heavy atom. The number of rotatable bonds is 3. The summed E-state index contributed by atoms with van der Waals surface area (Å²) >= 11 is 0. The van der Waals surface area contributed by atoms with Gasteiger partial charge in [-0.1, -0.05) is 30.7 Å². The van der Waals surface area contributed by atoms with Crippen LogP contribution in [0.25, 0.3) is 0 Å². The Balaban J connectivity index is 2.06. The average Bonchev–Trinajstić information content (AvgIpc) is 2.34. The fourth-order valence-electron chi connectivity index (χ4n) is 2.79. The number of piperidine rings is 1. The molecule has 0 saturated carbocycles. The van der Waals surface area contributed by atoms with Crippen molar-refractivity contribution in [3.05, 3.63) is 35.4 Å². The summed E-state index contributed by atoms with van der Waals surface area (Å²) in [5.41, 5.74) is 7.58. The van der Waals surface area contributed by atoms with E-state index >= 15 is 0 Å². The maximum absolute atomic E-state index is 7.39. The SMILES string of the molecule is C[C@@H]1CCC[C@H](C)N1Cc1ccc(C(=N)N)cc1. The molecule has 1 fully saturated rings. The van der Waals surface area contributed by atoms with Crippen LogP contribution in [-0.2, 0) is 6.54 Å². The highest BCUT2D eigenvalue weighted by atomic mass is 15.2. The van der Waals surface area contributed by atoms with Crippen LogP contribution in [0.1, 0.15) is 44.2 Å². The molecule has 2 rings (SSSR count). The van der Waals surface area contributed by atoms with Gasteiger partial charge >= 0.3 is 0 Å². The molecule has 1 aliphatic heterocycles. The minimum absolute atomic E-state index is 0.140. The number of likely N-dealkylation sites (tertiary alicyclic amines) is 1. The molecule has 98 valence electrons. The first-order valence-corrected chi connectivity index (χ1v) is 6.77. The van der Waals surface area contributed by atoms with Crippen molar-refractivity contribution in [3.63, 3.8) is 0 Å². The maximum Gasteiger partial charge on any atom is 0.122 e. The Hall–Kier alpha value is -1.35. The van der Waals surface area contributed by atoms with Gasteiger partial charge in [0.1, 0.15) is 5.84 Å². The van der Waals surface area contributed by atoms with Crippen molar-refractivity contribution in [3.8, 4) is 0 Å². The third-order valence-electron chi connectivity index (χ3n) is 4.01. The zero-order chi connectivity index (χ0) is 13.1. The molecule has 3 heteroatoms. The molecule has 0 unspecified atom stereocenters. The number of nitrogens with one attached hydrogen (secondary N) is 1. The zero-order valence-corrected chi connectivity index (χ0v) is 11.3. The predicted molar refractivity (Wildman–Crippen MR) is 75.8 cm³/mol. The fraction of sp³-hybridized carbons (Fsp3) is 0.533. The second-order valence-corrected chi connectivity index (χ2v) is 5.41. The molecule has 0 amide bonds. The first-order valence-electron chi connectivity index (χ1n) is 6.77. The van der Waals surface area contributed by atoms with Crippen molar-refractivity contribution in [1.82, 2.24) is 4.90 Å². The van der Waals surface area contributed by atoms with Crippen molar-refractivity contribution in [2.24, 2.45) is 5.73 Å². The molecule has 1 aromatic rings. The van der Waals surface area contributed by atoms with Crippen LogP contribution in [-0.4, -0.2) is 22.8 Å². The first-order chi connectivity index (χ1) is 8.58. The van der Waals surface area contributed by atoms with E-state index in [1.54, 1.807) is 0 Å². The number of hydrogen-bond acceptors (Lipinski definition) is 2. The van der Waals surface area contributed by atoms with E-state index in [0.29, 0.717) is 12.1 Å². The summed E-state index contributed by atoms with van der Waals surface area (Å²) in [7, 11) is 0. The van der Waals surface area contributed by atoms with E-state index in [1.807, 2.05) is 12.1 Å². The molecule has 0 aromatic heterocycles. The highest BCUT2D eigenvalue weighted by Crippen LogP contribution is 2.24. The number of amidine groups is 1. The van der Waals surface area contributed by atoms with E-state index in [4.69, 9.17) is 11.1 Å². The van der Waals surface area contributed by atoms with Crippen molar-refractivity contribution in [1.29, 1.82) is 5.41 Å². The van der Waals surface area contributed by atoms with Crippen LogP contribution in [0.5, 0.6) is 0 Å². The topological polar surface area (TPSA) is 53.1 Å². The van der Waals surface area contributed by atoms with Gasteiger partial charge in [-0.25, -0.2) is 0 Å². The number of nitrogen functional groups attached to an aromatic ring is 1.